The summed E-state index contributed by atoms with van der Waals surface area (Å²) in [6, 6.07) is 18.4. The van der Waals surface area contributed by atoms with Gasteiger partial charge in [-0.2, -0.15) is 10.2 Å². The van der Waals surface area contributed by atoms with Gasteiger partial charge in [0.05, 0.1) is 16.9 Å². The van der Waals surface area contributed by atoms with Crippen molar-refractivity contribution < 1.29 is 9.59 Å². The van der Waals surface area contributed by atoms with Crippen LogP contribution in [0, 0.1) is 13.8 Å². The number of amides is 2. The second kappa shape index (κ2) is 9.07. The number of hydrazine groups is 1. The highest BCUT2D eigenvalue weighted by Crippen LogP contribution is 2.25. The molecular weight excluding hydrogens is 428 g/mol. The molecule has 0 aliphatic heterocycles. The Kier molecular flexibility index (Phi) is 6.04. The van der Waals surface area contributed by atoms with Crippen LogP contribution in [0.1, 0.15) is 21.7 Å². The zero-order valence-corrected chi connectivity index (χ0v) is 18.3. The Labute approximate surface area is 189 Å². The maximum atomic E-state index is 13.0. The average Bonchev–Trinajstić information content (AvgIpc) is 3.36. The summed E-state index contributed by atoms with van der Waals surface area (Å²) in [4.78, 5) is 25.3. The minimum absolute atomic E-state index is 0.00667. The van der Waals surface area contributed by atoms with Crippen molar-refractivity contribution in [2.24, 2.45) is 0 Å². The largest absolute Gasteiger partial charge is 0.273 e. The first-order valence-corrected chi connectivity index (χ1v) is 10.3. The number of nitrogens with zero attached hydrogens (tertiary/aromatic N) is 4. The van der Waals surface area contributed by atoms with Gasteiger partial charge in [0.15, 0.2) is 0 Å². The number of benzene rings is 2. The molecule has 32 heavy (non-hydrogen) atoms. The zero-order chi connectivity index (χ0) is 22.7. The van der Waals surface area contributed by atoms with Crippen molar-refractivity contribution in [1.29, 1.82) is 0 Å². The monoisotopic (exact) mass is 448 g/mol. The first-order chi connectivity index (χ1) is 15.4. The molecule has 0 bridgehead atoms. The van der Waals surface area contributed by atoms with Crippen LogP contribution in [-0.4, -0.2) is 31.4 Å². The Morgan fingerprint density at radius 1 is 0.969 bits per heavy atom. The van der Waals surface area contributed by atoms with Gasteiger partial charge in [-0.3, -0.25) is 25.1 Å². The Hall–Kier alpha value is -3.91. The number of rotatable bonds is 5. The summed E-state index contributed by atoms with van der Waals surface area (Å²) in [6.45, 7) is 3.71. The molecule has 9 heteroatoms. The molecule has 0 saturated heterocycles. The Balaban J connectivity index is 1.56. The van der Waals surface area contributed by atoms with Gasteiger partial charge >= 0.3 is 0 Å². The lowest BCUT2D eigenvalue weighted by atomic mass is 10.1. The Morgan fingerprint density at radius 2 is 1.69 bits per heavy atom. The van der Waals surface area contributed by atoms with E-state index in [1.807, 2.05) is 50.2 Å². The summed E-state index contributed by atoms with van der Waals surface area (Å²) in [7, 11) is 0. The van der Waals surface area contributed by atoms with Crippen LogP contribution in [0.4, 0.5) is 0 Å². The van der Waals surface area contributed by atoms with Crippen LogP contribution in [0.2, 0.25) is 5.02 Å². The molecule has 2 aromatic heterocycles. The fraction of sp³-hybridized carbons (Fsp3) is 0.130. The van der Waals surface area contributed by atoms with E-state index < -0.39 is 11.8 Å². The second-order valence-electron chi connectivity index (χ2n) is 7.27. The van der Waals surface area contributed by atoms with Crippen LogP contribution in [0.15, 0.2) is 66.9 Å². The highest BCUT2D eigenvalue weighted by atomic mass is 35.5. The molecule has 8 nitrogen and oxygen atoms in total. The molecule has 0 spiro atoms. The standard InChI is InChI=1S/C23H21ClN6O2/c1-15-12-16(2)29(27-15)14-21(31)25-26-23(32)20-13-30(19-6-4-3-5-7-19)28-22(20)17-8-10-18(24)11-9-17/h3-13H,14H2,1-2H3,(H,25,31)(H,26,32). The smallest absolute Gasteiger partial charge is 0.271 e. The SMILES string of the molecule is Cc1cc(C)n(CC(=O)NNC(=O)c2cn(-c3ccccc3)nc2-c2ccc(Cl)cc2)n1. The van der Waals surface area contributed by atoms with Gasteiger partial charge in [0.25, 0.3) is 11.8 Å². The zero-order valence-electron chi connectivity index (χ0n) is 17.5. The summed E-state index contributed by atoms with van der Waals surface area (Å²) in [6.07, 6.45) is 1.63. The van der Waals surface area contributed by atoms with Crippen LogP contribution in [0.3, 0.4) is 0 Å². The molecule has 2 N–H and O–H groups in total. The second-order valence-corrected chi connectivity index (χ2v) is 7.70. The predicted molar refractivity (Wildman–Crippen MR) is 121 cm³/mol. The number of hydrogen-bond donors (Lipinski definition) is 2. The maximum absolute atomic E-state index is 13.0. The summed E-state index contributed by atoms with van der Waals surface area (Å²) >= 11 is 6.01. The van der Waals surface area contributed by atoms with E-state index >= 15 is 0 Å². The number of hydrogen-bond acceptors (Lipinski definition) is 4. The van der Waals surface area contributed by atoms with E-state index in [0.29, 0.717) is 16.3 Å². The van der Waals surface area contributed by atoms with Crippen molar-refractivity contribution >= 4 is 23.4 Å². The third kappa shape index (κ3) is 4.70. The highest BCUT2D eigenvalue weighted by molar-refractivity contribution is 6.30. The van der Waals surface area contributed by atoms with Crippen molar-refractivity contribution in [3.05, 3.63) is 88.8 Å². The predicted octanol–water partition coefficient (Wildman–Crippen LogP) is 3.47. The number of halogens is 1. The fourth-order valence-corrected chi connectivity index (χ4v) is 3.40. The lowest BCUT2D eigenvalue weighted by Gasteiger charge is -2.08. The first kappa shape index (κ1) is 21.3. The number of aromatic nitrogens is 4. The summed E-state index contributed by atoms with van der Waals surface area (Å²) in [5, 5.41) is 9.43. The van der Waals surface area contributed by atoms with Crippen molar-refractivity contribution in [1.82, 2.24) is 30.4 Å². The third-order valence-electron chi connectivity index (χ3n) is 4.81. The molecule has 162 valence electrons. The number of carbonyl (C=O) groups is 2. The van der Waals surface area contributed by atoms with E-state index in [-0.39, 0.29) is 6.54 Å². The third-order valence-corrected chi connectivity index (χ3v) is 5.06. The van der Waals surface area contributed by atoms with Gasteiger partial charge in [-0.15, -0.1) is 0 Å². The van der Waals surface area contributed by atoms with Gasteiger partial charge in [0.2, 0.25) is 0 Å². The normalized spacial score (nSPS) is 10.7. The van der Waals surface area contributed by atoms with Crippen molar-refractivity contribution in [3.8, 4) is 16.9 Å². The molecule has 0 radical (unpaired) electrons. The molecule has 0 aliphatic carbocycles. The first-order valence-electron chi connectivity index (χ1n) is 9.92. The minimum atomic E-state index is -0.487. The molecule has 4 aromatic rings. The van der Waals surface area contributed by atoms with Crippen molar-refractivity contribution in [2.45, 2.75) is 20.4 Å². The Morgan fingerprint density at radius 3 is 2.34 bits per heavy atom. The highest BCUT2D eigenvalue weighted by Gasteiger charge is 2.19. The van der Waals surface area contributed by atoms with Crippen LogP contribution in [-0.2, 0) is 11.3 Å². The van der Waals surface area contributed by atoms with E-state index in [2.05, 4.69) is 21.0 Å². The van der Waals surface area contributed by atoms with E-state index in [1.54, 1.807) is 39.8 Å². The summed E-state index contributed by atoms with van der Waals surface area (Å²) in [5.41, 5.74) is 8.90. The van der Waals surface area contributed by atoms with Crippen LogP contribution in [0.25, 0.3) is 16.9 Å². The number of aryl methyl sites for hydroxylation is 2. The van der Waals surface area contributed by atoms with Crippen molar-refractivity contribution in [2.75, 3.05) is 0 Å². The molecule has 0 saturated carbocycles. The summed E-state index contributed by atoms with van der Waals surface area (Å²) < 4.78 is 3.19. The van der Waals surface area contributed by atoms with Crippen molar-refractivity contribution in [3.63, 3.8) is 0 Å². The van der Waals surface area contributed by atoms with Gasteiger partial charge in [0.1, 0.15) is 12.2 Å². The maximum Gasteiger partial charge on any atom is 0.273 e. The van der Waals surface area contributed by atoms with Gasteiger partial charge in [-0.1, -0.05) is 41.9 Å². The molecule has 4 rings (SSSR count). The van der Waals surface area contributed by atoms with E-state index in [4.69, 9.17) is 11.6 Å². The van der Waals surface area contributed by atoms with E-state index in [1.165, 1.54) is 0 Å². The number of nitrogens with one attached hydrogen (secondary N) is 2. The van der Waals surface area contributed by atoms with E-state index in [0.717, 1.165) is 22.6 Å². The topological polar surface area (TPSA) is 93.8 Å². The molecule has 2 amide bonds. The lowest BCUT2D eigenvalue weighted by Crippen LogP contribution is -2.43. The molecule has 0 unspecified atom stereocenters. The van der Waals surface area contributed by atoms with Crippen LogP contribution >= 0.6 is 11.6 Å². The van der Waals surface area contributed by atoms with Gasteiger partial charge in [-0.25, -0.2) is 4.68 Å². The molecule has 0 aliphatic rings. The molecule has 2 heterocycles. The molecular formula is C23H21ClN6O2. The van der Waals surface area contributed by atoms with Crippen LogP contribution in [0.5, 0.6) is 0 Å². The fourth-order valence-electron chi connectivity index (χ4n) is 3.28. The van der Waals surface area contributed by atoms with E-state index in [9.17, 15) is 9.59 Å². The average molecular weight is 449 g/mol. The Bertz CT molecular complexity index is 1260. The van der Waals surface area contributed by atoms with Gasteiger partial charge in [0, 0.05) is 22.5 Å². The molecule has 0 atom stereocenters. The lowest BCUT2D eigenvalue weighted by molar-refractivity contribution is -0.122. The van der Waals surface area contributed by atoms with Crippen LogP contribution < -0.4 is 10.9 Å². The molecule has 0 fully saturated rings. The van der Waals surface area contributed by atoms with Gasteiger partial charge < -0.3 is 0 Å². The van der Waals surface area contributed by atoms with Gasteiger partial charge in [-0.05, 0) is 44.2 Å². The summed E-state index contributed by atoms with van der Waals surface area (Å²) in [5.74, 6) is -0.883. The quantitative estimate of drug-likeness (QED) is 0.457. The molecule has 2 aromatic carbocycles. The number of para-hydroxylation sites is 1. The number of carbonyl (C=O) groups excluding carboxylic acids is 2. The minimum Gasteiger partial charge on any atom is -0.271 e.